The number of carbonyl (C=O) groups excluding carboxylic acids is 1. The van der Waals surface area contributed by atoms with Gasteiger partial charge in [-0.2, -0.15) is 0 Å². The van der Waals surface area contributed by atoms with Gasteiger partial charge in [-0.3, -0.25) is 10.1 Å². The lowest BCUT2D eigenvalue weighted by molar-refractivity contribution is -0.121. The van der Waals surface area contributed by atoms with Crippen LogP contribution in [0.15, 0.2) is 42.5 Å². The first-order valence-corrected chi connectivity index (χ1v) is 7.97. The Bertz CT molecular complexity index is 739. The van der Waals surface area contributed by atoms with Crippen molar-refractivity contribution in [1.82, 2.24) is 5.32 Å². The highest BCUT2D eigenvalue weighted by molar-refractivity contribution is 7.80. The number of benzene rings is 2. The summed E-state index contributed by atoms with van der Waals surface area (Å²) in [5.41, 5.74) is 0.544. The van der Waals surface area contributed by atoms with E-state index in [0.29, 0.717) is 27.2 Å². The molecule has 0 unspecified atom stereocenters. The number of hydrogen-bond donors (Lipinski definition) is 2. The number of anilines is 1. The molecule has 0 fully saturated rings. The van der Waals surface area contributed by atoms with Gasteiger partial charge in [0.25, 0.3) is 5.91 Å². The van der Waals surface area contributed by atoms with Crippen LogP contribution in [0, 0.1) is 0 Å². The lowest BCUT2D eigenvalue weighted by Gasteiger charge is -2.11. The van der Waals surface area contributed by atoms with Crippen molar-refractivity contribution in [3.05, 3.63) is 52.5 Å². The summed E-state index contributed by atoms with van der Waals surface area (Å²) in [5.74, 6) is 0.857. The third kappa shape index (κ3) is 5.56. The fourth-order valence-corrected chi connectivity index (χ4v) is 2.41. The van der Waals surface area contributed by atoms with Gasteiger partial charge in [0.15, 0.2) is 11.7 Å². The molecule has 0 aromatic heterocycles. The number of methoxy groups -OCH3 is 1. The maximum atomic E-state index is 11.8. The molecule has 24 heavy (non-hydrogen) atoms. The molecule has 2 aromatic rings. The molecule has 0 atom stereocenters. The van der Waals surface area contributed by atoms with Crippen LogP contribution < -0.4 is 20.1 Å². The molecule has 0 aliphatic rings. The number of rotatable bonds is 5. The van der Waals surface area contributed by atoms with E-state index in [1.165, 1.54) is 0 Å². The fraction of sp³-hybridized carbons (Fsp3) is 0.125. The van der Waals surface area contributed by atoms with Crippen molar-refractivity contribution in [3.8, 4) is 11.5 Å². The molecule has 0 saturated heterocycles. The van der Waals surface area contributed by atoms with Crippen LogP contribution in [0.1, 0.15) is 0 Å². The van der Waals surface area contributed by atoms with Gasteiger partial charge < -0.3 is 14.8 Å². The minimum absolute atomic E-state index is 0.113. The Kier molecular flexibility index (Phi) is 6.66. The predicted octanol–water partition coefficient (Wildman–Crippen LogP) is 3.89. The van der Waals surface area contributed by atoms with Crippen molar-refractivity contribution in [2.75, 3.05) is 19.0 Å². The summed E-state index contributed by atoms with van der Waals surface area (Å²) < 4.78 is 10.4. The number of thiocarbonyl (C=S) groups is 1. The molecule has 1 amide bonds. The maximum absolute atomic E-state index is 11.8. The summed E-state index contributed by atoms with van der Waals surface area (Å²) in [6.07, 6.45) is 0. The number of ether oxygens (including phenoxy) is 2. The van der Waals surface area contributed by atoms with Crippen molar-refractivity contribution >= 4 is 52.1 Å². The number of amides is 1. The van der Waals surface area contributed by atoms with Crippen LogP contribution in [-0.2, 0) is 4.79 Å². The number of hydrogen-bond acceptors (Lipinski definition) is 4. The van der Waals surface area contributed by atoms with E-state index < -0.39 is 5.91 Å². The zero-order valence-corrected chi connectivity index (χ0v) is 15.0. The lowest BCUT2D eigenvalue weighted by atomic mass is 10.3. The number of halogens is 2. The molecule has 0 aliphatic carbocycles. The van der Waals surface area contributed by atoms with Crippen LogP contribution in [0.25, 0.3) is 0 Å². The first kappa shape index (κ1) is 18.3. The molecule has 2 rings (SSSR count). The van der Waals surface area contributed by atoms with Crippen LogP contribution in [0.5, 0.6) is 11.5 Å². The first-order chi connectivity index (χ1) is 11.5. The molecule has 2 N–H and O–H groups in total. The minimum atomic E-state index is -0.395. The Labute approximate surface area is 154 Å². The molecule has 0 saturated carbocycles. The molecule has 0 bridgehead atoms. The van der Waals surface area contributed by atoms with Gasteiger partial charge in [0.2, 0.25) is 0 Å². The summed E-state index contributed by atoms with van der Waals surface area (Å²) in [4.78, 5) is 11.8. The van der Waals surface area contributed by atoms with E-state index in [9.17, 15) is 4.79 Å². The Morgan fingerprint density at radius 1 is 1.12 bits per heavy atom. The Balaban J connectivity index is 1.81. The molecule has 126 valence electrons. The van der Waals surface area contributed by atoms with Gasteiger partial charge in [-0.25, -0.2) is 0 Å². The molecule has 0 heterocycles. The molecule has 0 radical (unpaired) electrons. The van der Waals surface area contributed by atoms with Gasteiger partial charge in [0, 0.05) is 5.02 Å². The highest BCUT2D eigenvalue weighted by Gasteiger charge is 2.08. The highest BCUT2D eigenvalue weighted by Crippen LogP contribution is 2.25. The van der Waals surface area contributed by atoms with E-state index in [2.05, 4.69) is 10.6 Å². The van der Waals surface area contributed by atoms with Crippen molar-refractivity contribution in [2.24, 2.45) is 0 Å². The van der Waals surface area contributed by atoms with Gasteiger partial charge in [-0.15, -0.1) is 0 Å². The normalized spacial score (nSPS) is 9.96. The monoisotopic (exact) mass is 384 g/mol. The quantitative estimate of drug-likeness (QED) is 0.765. The average Bonchev–Trinajstić information content (AvgIpc) is 2.56. The summed E-state index contributed by atoms with van der Waals surface area (Å²) >= 11 is 16.9. The van der Waals surface area contributed by atoms with Crippen molar-refractivity contribution < 1.29 is 14.3 Å². The van der Waals surface area contributed by atoms with Crippen LogP contribution in [0.2, 0.25) is 10.0 Å². The van der Waals surface area contributed by atoms with E-state index in [4.69, 9.17) is 44.9 Å². The van der Waals surface area contributed by atoms with E-state index in [-0.39, 0.29) is 11.7 Å². The molecule has 5 nitrogen and oxygen atoms in total. The molecular formula is C16H14Cl2N2O3S. The van der Waals surface area contributed by atoms with Gasteiger partial charge in [-0.1, -0.05) is 23.2 Å². The number of carbonyl (C=O) groups is 1. The van der Waals surface area contributed by atoms with Gasteiger partial charge in [0.1, 0.15) is 11.5 Å². The zero-order chi connectivity index (χ0) is 17.5. The number of nitrogens with one attached hydrogen (secondary N) is 2. The first-order valence-electron chi connectivity index (χ1n) is 6.80. The Morgan fingerprint density at radius 2 is 1.79 bits per heavy atom. The molecule has 2 aromatic carbocycles. The van der Waals surface area contributed by atoms with Gasteiger partial charge in [0.05, 0.1) is 17.8 Å². The predicted molar refractivity (Wildman–Crippen MR) is 99.3 cm³/mol. The second-order valence-corrected chi connectivity index (χ2v) is 5.84. The van der Waals surface area contributed by atoms with E-state index >= 15 is 0 Å². The van der Waals surface area contributed by atoms with Crippen LogP contribution in [-0.4, -0.2) is 24.7 Å². The van der Waals surface area contributed by atoms with E-state index in [0.717, 1.165) is 0 Å². The van der Waals surface area contributed by atoms with E-state index in [1.54, 1.807) is 49.6 Å². The van der Waals surface area contributed by atoms with Crippen LogP contribution >= 0.6 is 35.4 Å². The average molecular weight is 385 g/mol. The van der Waals surface area contributed by atoms with Gasteiger partial charge in [-0.05, 0) is 54.7 Å². The molecule has 0 spiro atoms. The highest BCUT2D eigenvalue weighted by atomic mass is 35.5. The van der Waals surface area contributed by atoms with Crippen LogP contribution in [0.4, 0.5) is 5.69 Å². The lowest BCUT2D eigenvalue weighted by Crippen LogP contribution is -2.37. The van der Waals surface area contributed by atoms with Crippen molar-refractivity contribution in [3.63, 3.8) is 0 Å². The fourth-order valence-electron chi connectivity index (χ4n) is 1.73. The second-order valence-electron chi connectivity index (χ2n) is 4.59. The third-order valence-corrected chi connectivity index (χ3v) is 3.61. The summed E-state index contributed by atoms with van der Waals surface area (Å²) in [6.45, 7) is -0.178. The van der Waals surface area contributed by atoms with Gasteiger partial charge >= 0.3 is 0 Å². The standard InChI is InChI=1S/C16H14Cl2N2O3S/c1-22-11-3-5-12(6-4-11)23-9-15(21)20-16(24)19-14-7-2-10(17)8-13(14)18/h2-8H,9H2,1H3,(H2,19,20,21,24). The Hall–Kier alpha value is -2.02. The summed E-state index contributed by atoms with van der Waals surface area (Å²) in [5, 5.41) is 6.34. The molecule has 0 aliphatic heterocycles. The molecular weight excluding hydrogens is 371 g/mol. The van der Waals surface area contributed by atoms with Crippen molar-refractivity contribution in [2.45, 2.75) is 0 Å². The maximum Gasteiger partial charge on any atom is 0.264 e. The summed E-state index contributed by atoms with van der Waals surface area (Å²) in [6, 6.07) is 11.8. The topological polar surface area (TPSA) is 59.6 Å². The van der Waals surface area contributed by atoms with Crippen LogP contribution in [0.3, 0.4) is 0 Å². The molecule has 8 heteroatoms. The second kappa shape index (κ2) is 8.73. The smallest absolute Gasteiger partial charge is 0.264 e. The zero-order valence-electron chi connectivity index (χ0n) is 12.6. The minimum Gasteiger partial charge on any atom is -0.497 e. The largest absolute Gasteiger partial charge is 0.497 e. The summed E-state index contributed by atoms with van der Waals surface area (Å²) in [7, 11) is 1.57. The third-order valence-electron chi connectivity index (χ3n) is 2.86. The Morgan fingerprint density at radius 3 is 2.42 bits per heavy atom. The van der Waals surface area contributed by atoms with Crippen molar-refractivity contribution in [1.29, 1.82) is 0 Å². The SMILES string of the molecule is COc1ccc(OCC(=O)NC(=S)Nc2ccc(Cl)cc2Cl)cc1. The van der Waals surface area contributed by atoms with E-state index in [1.807, 2.05) is 0 Å².